The summed E-state index contributed by atoms with van der Waals surface area (Å²) < 4.78 is 12.3. The summed E-state index contributed by atoms with van der Waals surface area (Å²) in [7, 11) is 2.99. The van der Waals surface area contributed by atoms with Gasteiger partial charge in [0.05, 0.1) is 25.3 Å². The van der Waals surface area contributed by atoms with Crippen molar-refractivity contribution in [3.05, 3.63) is 77.1 Å². The van der Waals surface area contributed by atoms with Gasteiger partial charge in [-0.25, -0.2) is 0 Å². The predicted octanol–water partition coefficient (Wildman–Crippen LogP) is 3.19. The lowest BCUT2D eigenvalue weighted by Gasteiger charge is -2.12. The SMILES string of the molecule is COc1ccc(C(=O)NNC(=O)c2cc(C)n(-c3ccccc3)c2C)c(OC)c1. The van der Waals surface area contributed by atoms with E-state index in [1.54, 1.807) is 24.3 Å². The molecule has 2 N–H and O–H groups in total. The van der Waals surface area contributed by atoms with Crippen LogP contribution in [0.25, 0.3) is 5.69 Å². The molecule has 0 bridgehead atoms. The molecular weight excluding hydrogens is 370 g/mol. The highest BCUT2D eigenvalue weighted by molar-refractivity contribution is 6.01. The molecule has 3 rings (SSSR count). The molecule has 7 heteroatoms. The van der Waals surface area contributed by atoms with Crippen LogP contribution < -0.4 is 20.3 Å². The quantitative estimate of drug-likeness (QED) is 0.653. The van der Waals surface area contributed by atoms with Crippen LogP contribution >= 0.6 is 0 Å². The van der Waals surface area contributed by atoms with Crippen LogP contribution in [0, 0.1) is 13.8 Å². The van der Waals surface area contributed by atoms with Gasteiger partial charge in [-0.2, -0.15) is 0 Å². The maximum Gasteiger partial charge on any atom is 0.273 e. The van der Waals surface area contributed by atoms with Crippen LogP contribution in [0.3, 0.4) is 0 Å². The van der Waals surface area contributed by atoms with Crippen molar-refractivity contribution in [2.24, 2.45) is 0 Å². The average Bonchev–Trinajstić information content (AvgIpc) is 3.05. The number of rotatable bonds is 5. The van der Waals surface area contributed by atoms with Gasteiger partial charge >= 0.3 is 0 Å². The Kier molecular flexibility index (Phi) is 5.87. The van der Waals surface area contributed by atoms with E-state index in [4.69, 9.17) is 9.47 Å². The number of aryl methyl sites for hydroxylation is 1. The van der Waals surface area contributed by atoms with Crippen LogP contribution in [0.4, 0.5) is 0 Å². The summed E-state index contributed by atoms with van der Waals surface area (Å²) in [6, 6.07) is 16.4. The standard InChI is InChI=1S/C22H23N3O4/c1-14-12-19(15(2)25(14)16-8-6-5-7-9-16)22(27)24-23-21(26)18-11-10-17(28-3)13-20(18)29-4/h5-13H,1-4H3,(H,23,26)(H,24,27). The summed E-state index contributed by atoms with van der Waals surface area (Å²) in [6.45, 7) is 3.79. The number of carbonyl (C=O) groups excluding carboxylic acids is 2. The highest BCUT2D eigenvalue weighted by Crippen LogP contribution is 2.24. The zero-order chi connectivity index (χ0) is 21.0. The number of nitrogens with zero attached hydrogens (tertiary/aromatic N) is 1. The Morgan fingerprint density at radius 2 is 1.48 bits per heavy atom. The number of hydrogen-bond acceptors (Lipinski definition) is 4. The van der Waals surface area contributed by atoms with Gasteiger partial charge in [-0.05, 0) is 44.2 Å². The second kappa shape index (κ2) is 8.52. The van der Waals surface area contributed by atoms with Gasteiger partial charge in [0.2, 0.25) is 0 Å². The minimum Gasteiger partial charge on any atom is -0.497 e. The van der Waals surface area contributed by atoms with Gasteiger partial charge < -0.3 is 14.0 Å². The highest BCUT2D eigenvalue weighted by Gasteiger charge is 2.18. The molecule has 1 aromatic heterocycles. The molecule has 7 nitrogen and oxygen atoms in total. The first-order valence-corrected chi connectivity index (χ1v) is 9.03. The third kappa shape index (κ3) is 4.08. The van der Waals surface area contributed by atoms with Crippen LogP contribution in [-0.2, 0) is 0 Å². The predicted molar refractivity (Wildman–Crippen MR) is 110 cm³/mol. The number of methoxy groups -OCH3 is 2. The van der Waals surface area contributed by atoms with Crippen molar-refractivity contribution in [1.82, 2.24) is 15.4 Å². The molecule has 0 aliphatic heterocycles. The molecule has 0 atom stereocenters. The Balaban J connectivity index is 1.76. The number of hydrazine groups is 1. The lowest BCUT2D eigenvalue weighted by atomic mass is 10.2. The molecule has 0 aliphatic carbocycles. The first-order chi connectivity index (χ1) is 14.0. The summed E-state index contributed by atoms with van der Waals surface area (Å²) in [4.78, 5) is 25.1. The number of para-hydroxylation sites is 1. The summed E-state index contributed by atoms with van der Waals surface area (Å²) in [6.07, 6.45) is 0. The van der Waals surface area contributed by atoms with Gasteiger partial charge in [-0.1, -0.05) is 18.2 Å². The third-order valence-electron chi connectivity index (χ3n) is 4.63. The van der Waals surface area contributed by atoms with E-state index in [2.05, 4.69) is 10.9 Å². The summed E-state index contributed by atoms with van der Waals surface area (Å²) in [5.74, 6) is 0.0185. The summed E-state index contributed by atoms with van der Waals surface area (Å²) in [5, 5.41) is 0. The van der Waals surface area contributed by atoms with Crippen molar-refractivity contribution >= 4 is 11.8 Å². The molecule has 2 aromatic carbocycles. The first kappa shape index (κ1) is 20.0. The lowest BCUT2D eigenvalue weighted by Crippen LogP contribution is -2.41. The Morgan fingerprint density at radius 3 is 2.10 bits per heavy atom. The molecule has 0 fully saturated rings. The fourth-order valence-electron chi connectivity index (χ4n) is 3.20. The van der Waals surface area contributed by atoms with Crippen molar-refractivity contribution in [1.29, 1.82) is 0 Å². The summed E-state index contributed by atoms with van der Waals surface area (Å²) >= 11 is 0. The van der Waals surface area contributed by atoms with E-state index in [1.165, 1.54) is 14.2 Å². The van der Waals surface area contributed by atoms with Crippen molar-refractivity contribution < 1.29 is 19.1 Å². The highest BCUT2D eigenvalue weighted by atomic mass is 16.5. The van der Waals surface area contributed by atoms with E-state index in [9.17, 15) is 9.59 Å². The number of ether oxygens (including phenoxy) is 2. The molecule has 1 heterocycles. The van der Waals surface area contributed by atoms with Crippen LogP contribution in [-0.4, -0.2) is 30.6 Å². The lowest BCUT2D eigenvalue weighted by molar-refractivity contribution is 0.0844. The fraction of sp³-hybridized carbons (Fsp3) is 0.182. The number of amides is 2. The molecule has 0 unspecified atom stereocenters. The third-order valence-corrected chi connectivity index (χ3v) is 4.63. The molecule has 0 saturated carbocycles. The molecule has 3 aromatic rings. The van der Waals surface area contributed by atoms with Gasteiger partial charge in [0.15, 0.2) is 0 Å². The zero-order valence-corrected chi connectivity index (χ0v) is 16.8. The molecular formula is C22H23N3O4. The molecule has 0 radical (unpaired) electrons. The molecule has 0 spiro atoms. The Labute approximate surface area is 169 Å². The fourth-order valence-corrected chi connectivity index (χ4v) is 3.20. The maximum absolute atomic E-state index is 12.7. The van der Waals surface area contributed by atoms with Crippen LogP contribution in [0.2, 0.25) is 0 Å². The van der Waals surface area contributed by atoms with Crippen molar-refractivity contribution in [2.75, 3.05) is 14.2 Å². The van der Waals surface area contributed by atoms with E-state index in [-0.39, 0.29) is 5.56 Å². The minimum absolute atomic E-state index is 0.281. The van der Waals surface area contributed by atoms with E-state index < -0.39 is 11.8 Å². The number of benzene rings is 2. The Morgan fingerprint density at radius 1 is 0.828 bits per heavy atom. The maximum atomic E-state index is 12.7. The topological polar surface area (TPSA) is 81.6 Å². The van der Waals surface area contributed by atoms with E-state index in [1.807, 2.05) is 48.7 Å². The second-order valence-electron chi connectivity index (χ2n) is 6.43. The Bertz CT molecular complexity index is 1040. The normalized spacial score (nSPS) is 10.3. The largest absolute Gasteiger partial charge is 0.497 e. The van der Waals surface area contributed by atoms with E-state index in [0.29, 0.717) is 17.1 Å². The molecule has 0 aliphatic rings. The summed E-state index contributed by atoms with van der Waals surface area (Å²) in [5.41, 5.74) is 8.33. The molecule has 29 heavy (non-hydrogen) atoms. The zero-order valence-electron chi connectivity index (χ0n) is 16.8. The Hall–Kier alpha value is -3.74. The average molecular weight is 393 g/mol. The van der Waals surface area contributed by atoms with Crippen LogP contribution in [0.1, 0.15) is 32.1 Å². The van der Waals surface area contributed by atoms with Crippen molar-refractivity contribution in [3.8, 4) is 17.2 Å². The van der Waals surface area contributed by atoms with Gasteiger partial charge in [-0.3, -0.25) is 20.4 Å². The van der Waals surface area contributed by atoms with Crippen LogP contribution in [0.5, 0.6) is 11.5 Å². The molecule has 0 saturated heterocycles. The van der Waals surface area contributed by atoms with E-state index >= 15 is 0 Å². The smallest absolute Gasteiger partial charge is 0.273 e. The number of nitrogens with one attached hydrogen (secondary N) is 2. The minimum atomic E-state index is -0.491. The molecule has 150 valence electrons. The van der Waals surface area contributed by atoms with Crippen molar-refractivity contribution in [2.45, 2.75) is 13.8 Å². The van der Waals surface area contributed by atoms with Gasteiger partial charge in [0.25, 0.3) is 11.8 Å². The number of aromatic nitrogens is 1. The van der Waals surface area contributed by atoms with Crippen LogP contribution in [0.15, 0.2) is 54.6 Å². The monoisotopic (exact) mass is 393 g/mol. The number of carbonyl (C=O) groups is 2. The van der Waals surface area contributed by atoms with Crippen molar-refractivity contribution in [3.63, 3.8) is 0 Å². The second-order valence-corrected chi connectivity index (χ2v) is 6.43. The van der Waals surface area contributed by atoms with E-state index in [0.717, 1.165) is 17.1 Å². The molecule has 2 amide bonds. The first-order valence-electron chi connectivity index (χ1n) is 9.03. The van der Waals surface area contributed by atoms with Gasteiger partial charge in [0, 0.05) is 23.1 Å². The van der Waals surface area contributed by atoms with Gasteiger partial charge in [-0.15, -0.1) is 0 Å². The van der Waals surface area contributed by atoms with Gasteiger partial charge in [0.1, 0.15) is 11.5 Å². The number of hydrogen-bond donors (Lipinski definition) is 2.